The number of rotatable bonds is 9. The summed E-state index contributed by atoms with van der Waals surface area (Å²) in [6.45, 7) is 7.32. The van der Waals surface area contributed by atoms with Crippen LogP contribution in [0.25, 0.3) is 10.8 Å². The molecule has 0 saturated heterocycles. The van der Waals surface area contributed by atoms with Gasteiger partial charge in [0.2, 0.25) is 0 Å². The number of quaternary nitrogens is 1. The van der Waals surface area contributed by atoms with Gasteiger partial charge in [-0.05, 0) is 54.3 Å². The fourth-order valence-corrected chi connectivity index (χ4v) is 3.81. The van der Waals surface area contributed by atoms with Crippen molar-refractivity contribution in [2.24, 2.45) is 0 Å². The zero-order chi connectivity index (χ0) is 22.2. The normalized spacial score (nSPS) is 12.9. The lowest BCUT2D eigenvalue weighted by atomic mass is 10.0. The van der Waals surface area contributed by atoms with Crippen molar-refractivity contribution in [3.63, 3.8) is 0 Å². The van der Waals surface area contributed by atoms with E-state index in [0.717, 1.165) is 40.1 Å². The molecule has 2 atom stereocenters. The molecule has 0 spiro atoms. The van der Waals surface area contributed by atoms with Gasteiger partial charge in [-0.3, -0.25) is 9.59 Å². The van der Waals surface area contributed by atoms with E-state index in [1.807, 2.05) is 50.2 Å². The molecule has 1 unspecified atom stereocenters. The molecule has 0 heterocycles. The molecule has 3 N–H and O–H groups in total. The van der Waals surface area contributed by atoms with E-state index < -0.39 is 0 Å². The fourth-order valence-electron chi connectivity index (χ4n) is 3.81. The van der Waals surface area contributed by atoms with E-state index in [1.54, 1.807) is 0 Å². The SMILES string of the molecule is CCC[NH+](CC(=O)Nc1ccccc1C)CC(=O)N[C@H](C)c1ccc2ccccc2c1. The number of hydrogen-bond acceptors (Lipinski definition) is 2. The first-order chi connectivity index (χ1) is 15.0. The summed E-state index contributed by atoms with van der Waals surface area (Å²) in [5.41, 5.74) is 2.91. The highest BCUT2D eigenvalue weighted by Gasteiger charge is 2.19. The summed E-state index contributed by atoms with van der Waals surface area (Å²) >= 11 is 0. The highest BCUT2D eigenvalue weighted by molar-refractivity contribution is 5.92. The lowest BCUT2D eigenvalue weighted by molar-refractivity contribution is -0.883. The van der Waals surface area contributed by atoms with Crippen LogP contribution in [0.1, 0.15) is 37.4 Å². The summed E-state index contributed by atoms with van der Waals surface area (Å²) in [7, 11) is 0. The van der Waals surface area contributed by atoms with Crippen LogP contribution >= 0.6 is 0 Å². The molecule has 2 amide bonds. The van der Waals surface area contributed by atoms with Crippen molar-refractivity contribution in [2.75, 3.05) is 25.0 Å². The Balaban J connectivity index is 1.57. The van der Waals surface area contributed by atoms with Crippen molar-refractivity contribution in [1.29, 1.82) is 0 Å². The minimum absolute atomic E-state index is 0.0483. The van der Waals surface area contributed by atoms with E-state index in [2.05, 4.69) is 47.9 Å². The van der Waals surface area contributed by atoms with Gasteiger partial charge in [0.1, 0.15) is 0 Å². The van der Waals surface area contributed by atoms with Gasteiger partial charge in [0, 0.05) is 5.69 Å². The van der Waals surface area contributed by atoms with E-state index >= 15 is 0 Å². The molecule has 0 bridgehead atoms. The van der Waals surface area contributed by atoms with Gasteiger partial charge in [-0.2, -0.15) is 0 Å². The molecular formula is C26H32N3O2+. The minimum atomic E-state index is -0.0965. The Morgan fingerprint density at radius 3 is 2.32 bits per heavy atom. The molecule has 31 heavy (non-hydrogen) atoms. The molecular weight excluding hydrogens is 386 g/mol. The maximum Gasteiger partial charge on any atom is 0.279 e. The number of para-hydroxylation sites is 1. The van der Waals surface area contributed by atoms with Crippen LogP contribution in [0.3, 0.4) is 0 Å². The van der Waals surface area contributed by atoms with E-state index in [1.165, 1.54) is 5.39 Å². The van der Waals surface area contributed by atoms with Crippen LogP contribution in [0.4, 0.5) is 5.69 Å². The standard InChI is InChI=1S/C26H31N3O2/c1-4-15-29(18-26(31)28-24-12-8-5-9-19(24)2)17-25(30)27-20(3)22-14-13-21-10-6-7-11-23(21)16-22/h5-14,16,20H,4,15,17-18H2,1-3H3,(H,27,30)(H,28,31)/p+1/t20-/m1/s1. The van der Waals surface area contributed by atoms with Crippen LogP contribution < -0.4 is 15.5 Å². The largest absolute Gasteiger partial charge is 0.345 e. The Bertz CT molecular complexity index is 1050. The Labute approximate surface area is 184 Å². The van der Waals surface area contributed by atoms with Gasteiger partial charge in [-0.25, -0.2) is 0 Å². The molecule has 3 rings (SSSR count). The maximum atomic E-state index is 12.7. The molecule has 3 aromatic rings. The number of hydrogen-bond donors (Lipinski definition) is 3. The van der Waals surface area contributed by atoms with Crippen LogP contribution in [0.15, 0.2) is 66.7 Å². The predicted octanol–water partition coefficient (Wildman–Crippen LogP) is 3.26. The van der Waals surface area contributed by atoms with E-state index in [0.29, 0.717) is 0 Å². The van der Waals surface area contributed by atoms with Gasteiger partial charge in [0.15, 0.2) is 13.1 Å². The van der Waals surface area contributed by atoms with E-state index in [4.69, 9.17) is 0 Å². The quantitative estimate of drug-likeness (QED) is 0.500. The second-order valence-electron chi connectivity index (χ2n) is 8.11. The van der Waals surface area contributed by atoms with Crippen LogP contribution in [-0.2, 0) is 9.59 Å². The van der Waals surface area contributed by atoms with Gasteiger partial charge < -0.3 is 15.5 Å². The summed E-state index contributed by atoms with van der Waals surface area (Å²) in [6.07, 6.45) is 0.903. The third-order valence-corrected chi connectivity index (χ3v) is 5.49. The molecule has 162 valence electrons. The summed E-state index contributed by atoms with van der Waals surface area (Å²) in [5, 5.41) is 8.40. The minimum Gasteiger partial charge on any atom is -0.345 e. The Kier molecular flexibility index (Phi) is 7.79. The van der Waals surface area contributed by atoms with Gasteiger partial charge in [0.25, 0.3) is 11.8 Å². The first-order valence-corrected chi connectivity index (χ1v) is 10.9. The molecule has 0 aliphatic rings. The van der Waals surface area contributed by atoms with Crippen molar-refractivity contribution in [3.05, 3.63) is 77.9 Å². The van der Waals surface area contributed by atoms with E-state index in [9.17, 15) is 9.59 Å². The van der Waals surface area contributed by atoms with Crippen LogP contribution in [0, 0.1) is 6.92 Å². The van der Waals surface area contributed by atoms with Crippen LogP contribution in [0.2, 0.25) is 0 Å². The smallest absolute Gasteiger partial charge is 0.279 e. The number of amides is 2. The van der Waals surface area contributed by atoms with Gasteiger partial charge in [-0.1, -0.05) is 61.5 Å². The summed E-state index contributed by atoms with van der Waals surface area (Å²) in [6, 6.07) is 22.1. The van der Waals surface area contributed by atoms with Crippen molar-refractivity contribution in [2.45, 2.75) is 33.2 Å². The zero-order valence-corrected chi connectivity index (χ0v) is 18.6. The van der Waals surface area contributed by atoms with Crippen molar-refractivity contribution < 1.29 is 14.5 Å². The molecule has 0 aliphatic heterocycles. The maximum absolute atomic E-state index is 12.7. The average molecular weight is 419 g/mol. The number of aryl methyl sites for hydroxylation is 1. The Hall–Kier alpha value is -3.18. The summed E-state index contributed by atoms with van der Waals surface area (Å²) in [4.78, 5) is 26.2. The number of fused-ring (bicyclic) bond motifs is 1. The Morgan fingerprint density at radius 2 is 1.58 bits per heavy atom. The number of carbonyl (C=O) groups excluding carboxylic acids is 2. The summed E-state index contributed by atoms with van der Waals surface area (Å²) < 4.78 is 0. The predicted molar refractivity (Wildman–Crippen MR) is 126 cm³/mol. The molecule has 0 radical (unpaired) electrons. The van der Waals surface area contributed by atoms with Crippen molar-refractivity contribution in [1.82, 2.24) is 5.32 Å². The third kappa shape index (κ3) is 6.40. The second kappa shape index (κ2) is 10.7. The third-order valence-electron chi connectivity index (χ3n) is 5.49. The number of benzene rings is 3. The summed E-state index contributed by atoms with van der Waals surface area (Å²) in [5.74, 6) is -0.124. The van der Waals surface area contributed by atoms with Crippen LogP contribution in [0.5, 0.6) is 0 Å². The molecule has 0 aliphatic carbocycles. The first-order valence-electron chi connectivity index (χ1n) is 10.9. The highest BCUT2D eigenvalue weighted by Crippen LogP contribution is 2.20. The molecule has 0 aromatic heterocycles. The monoisotopic (exact) mass is 418 g/mol. The Morgan fingerprint density at radius 1 is 0.903 bits per heavy atom. The average Bonchev–Trinajstić information content (AvgIpc) is 2.75. The number of anilines is 1. The van der Waals surface area contributed by atoms with Gasteiger partial charge in [-0.15, -0.1) is 0 Å². The van der Waals surface area contributed by atoms with Crippen molar-refractivity contribution in [3.8, 4) is 0 Å². The highest BCUT2D eigenvalue weighted by atomic mass is 16.2. The lowest BCUT2D eigenvalue weighted by Gasteiger charge is -2.20. The number of carbonyl (C=O) groups is 2. The molecule has 5 heteroatoms. The molecule has 5 nitrogen and oxygen atoms in total. The molecule has 3 aromatic carbocycles. The van der Waals surface area contributed by atoms with Gasteiger partial charge >= 0.3 is 0 Å². The second-order valence-corrected chi connectivity index (χ2v) is 8.11. The van der Waals surface area contributed by atoms with Gasteiger partial charge in [0.05, 0.1) is 12.6 Å². The van der Waals surface area contributed by atoms with Crippen LogP contribution in [-0.4, -0.2) is 31.4 Å². The zero-order valence-electron chi connectivity index (χ0n) is 18.6. The molecule has 0 saturated carbocycles. The fraction of sp³-hybridized carbons (Fsp3) is 0.308. The molecule has 0 fully saturated rings. The first kappa shape index (κ1) is 22.5. The van der Waals surface area contributed by atoms with E-state index in [-0.39, 0.29) is 30.9 Å². The lowest BCUT2D eigenvalue weighted by Crippen LogP contribution is -3.14. The topological polar surface area (TPSA) is 62.6 Å². The number of nitrogens with one attached hydrogen (secondary N) is 3. The van der Waals surface area contributed by atoms with Crippen molar-refractivity contribution >= 4 is 28.3 Å².